The van der Waals surface area contributed by atoms with E-state index < -0.39 is 0 Å². The molecule has 1 unspecified atom stereocenters. The molecule has 1 rings (SSSR count). The fourth-order valence-electron chi connectivity index (χ4n) is 1.56. The summed E-state index contributed by atoms with van der Waals surface area (Å²) in [6.07, 6.45) is 2.20. The molecule has 0 bridgehead atoms. The monoisotopic (exact) mass is 199 g/mol. The summed E-state index contributed by atoms with van der Waals surface area (Å²) in [5.41, 5.74) is 5.60. The minimum absolute atomic E-state index is 0.0940. The summed E-state index contributed by atoms with van der Waals surface area (Å²) >= 11 is 0. The third-order valence-electron chi connectivity index (χ3n) is 2.32. The van der Waals surface area contributed by atoms with Crippen LogP contribution >= 0.6 is 0 Å². The number of nitrogens with zero attached hydrogens (tertiary/aromatic N) is 1. The van der Waals surface area contributed by atoms with Gasteiger partial charge in [-0.1, -0.05) is 0 Å². The maximum absolute atomic E-state index is 5.69. The maximum Gasteiger partial charge on any atom is 0.188 e. The average Bonchev–Trinajstić information content (AvgIpc) is 2.49. The Morgan fingerprint density at radius 1 is 1.64 bits per heavy atom. The molecule has 1 aliphatic rings. The summed E-state index contributed by atoms with van der Waals surface area (Å²) in [5, 5.41) is 3.06. The second-order valence-corrected chi connectivity index (χ2v) is 4.40. The van der Waals surface area contributed by atoms with Gasteiger partial charge in [0.15, 0.2) is 5.96 Å². The Morgan fingerprint density at radius 3 is 2.86 bits per heavy atom. The van der Waals surface area contributed by atoms with Crippen LogP contribution in [0.1, 0.15) is 33.6 Å². The normalized spacial score (nSPS) is 28.4. The summed E-state index contributed by atoms with van der Waals surface area (Å²) in [4.78, 5) is 4.28. The van der Waals surface area contributed by atoms with Crippen molar-refractivity contribution in [1.29, 1.82) is 0 Å². The molecule has 4 heteroatoms. The van der Waals surface area contributed by atoms with E-state index in [9.17, 15) is 0 Å². The lowest BCUT2D eigenvalue weighted by molar-refractivity contribution is 0.0284. The molecule has 4 nitrogen and oxygen atoms in total. The molecule has 0 aromatic rings. The van der Waals surface area contributed by atoms with Gasteiger partial charge in [0.1, 0.15) is 0 Å². The van der Waals surface area contributed by atoms with Crippen LogP contribution in [-0.2, 0) is 4.74 Å². The molecular formula is C10H21N3O. The molecule has 1 atom stereocenters. The van der Waals surface area contributed by atoms with Gasteiger partial charge in [-0.05, 0) is 33.6 Å². The van der Waals surface area contributed by atoms with Gasteiger partial charge in [-0.15, -0.1) is 0 Å². The van der Waals surface area contributed by atoms with E-state index in [1.165, 1.54) is 0 Å². The van der Waals surface area contributed by atoms with Gasteiger partial charge in [0.2, 0.25) is 0 Å². The van der Waals surface area contributed by atoms with E-state index in [2.05, 4.69) is 17.2 Å². The minimum atomic E-state index is -0.0940. The van der Waals surface area contributed by atoms with Crippen molar-refractivity contribution in [3.8, 4) is 0 Å². The highest BCUT2D eigenvalue weighted by atomic mass is 16.5. The summed E-state index contributed by atoms with van der Waals surface area (Å²) in [7, 11) is 0. The van der Waals surface area contributed by atoms with Crippen LogP contribution in [0.3, 0.4) is 0 Å². The van der Waals surface area contributed by atoms with Crippen LogP contribution in [0.15, 0.2) is 4.99 Å². The van der Waals surface area contributed by atoms with Crippen LogP contribution < -0.4 is 11.1 Å². The predicted molar refractivity (Wildman–Crippen MR) is 58.4 cm³/mol. The maximum atomic E-state index is 5.69. The number of rotatable bonds is 3. The van der Waals surface area contributed by atoms with E-state index in [0.717, 1.165) is 19.4 Å². The molecular weight excluding hydrogens is 178 g/mol. The first-order chi connectivity index (χ1) is 6.52. The fraction of sp³-hybridized carbons (Fsp3) is 0.900. The van der Waals surface area contributed by atoms with Crippen molar-refractivity contribution >= 4 is 5.96 Å². The van der Waals surface area contributed by atoms with Crippen molar-refractivity contribution in [3.05, 3.63) is 0 Å². The number of aliphatic imine (C=N–C) groups is 1. The van der Waals surface area contributed by atoms with E-state index >= 15 is 0 Å². The summed E-state index contributed by atoms with van der Waals surface area (Å²) in [6.45, 7) is 7.67. The highest BCUT2D eigenvalue weighted by molar-refractivity contribution is 5.78. The Morgan fingerprint density at radius 2 is 2.36 bits per heavy atom. The van der Waals surface area contributed by atoms with Gasteiger partial charge in [-0.25, -0.2) is 0 Å². The van der Waals surface area contributed by atoms with Crippen molar-refractivity contribution in [2.75, 3.05) is 13.2 Å². The van der Waals surface area contributed by atoms with E-state index in [0.29, 0.717) is 18.5 Å². The van der Waals surface area contributed by atoms with E-state index in [1.54, 1.807) is 0 Å². The number of hydrogen-bond acceptors (Lipinski definition) is 2. The Labute approximate surface area is 85.9 Å². The minimum Gasteiger partial charge on any atom is -0.373 e. The predicted octanol–water partition coefficient (Wildman–Crippen LogP) is 0.868. The standard InChI is InChI=1S/C10H21N3O/c1-8(2)13-9(11)12-7-10(3)5-4-6-14-10/h8H,4-7H2,1-3H3,(H3,11,12,13). The zero-order valence-corrected chi connectivity index (χ0v) is 9.34. The molecule has 1 heterocycles. The lowest BCUT2D eigenvalue weighted by Crippen LogP contribution is -2.38. The molecule has 1 saturated heterocycles. The van der Waals surface area contributed by atoms with Gasteiger partial charge < -0.3 is 15.8 Å². The number of nitrogens with two attached hydrogens (primary N) is 1. The van der Waals surface area contributed by atoms with E-state index in [4.69, 9.17) is 10.5 Å². The SMILES string of the molecule is CC(C)NC(N)=NCC1(C)CCCO1. The number of nitrogens with one attached hydrogen (secondary N) is 1. The summed E-state index contributed by atoms with van der Waals surface area (Å²) < 4.78 is 5.61. The van der Waals surface area contributed by atoms with Gasteiger partial charge >= 0.3 is 0 Å². The Balaban J connectivity index is 2.37. The smallest absolute Gasteiger partial charge is 0.188 e. The van der Waals surface area contributed by atoms with Crippen molar-refractivity contribution in [2.24, 2.45) is 10.7 Å². The Bertz CT molecular complexity index is 207. The van der Waals surface area contributed by atoms with Crippen molar-refractivity contribution in [3.63, 3.8) is 0 Å². The van der Waals surface area contributed by atoms with E-state index in [-0.39, 0.29) is 5.60 Å². The third-order valence-corrected chi connectivity index (χ3v) is 2.32. The second-order valence-electron chi connectivity index (χ2n) is 4.40. The highest BCUT2D eigenvalue weighted by Gasteiger charge is 2.29. The number of ether oxygens (including phenoxy) is 1. The molecule has 0 aromatic heterocycles. The molecule has 3 N–H and O–H groups in total. The quantitative estimate of drug-likeness (QED) is 0.523. The van der Waals surface area contributed by atoms with Crippen LogP contribution in [0.5, 0.6) is 0 Å². The van der Waals surface area contributed by atoms with Gasteiger partial charge in [0.05, 0.1) is 12.1 Å². The first-order valence-electron chi connectivity index (χ1n) is 5.22. The Kier molecular flexibility index (Phi) is 3.75. The Hall–Kier alpha value is -0.770. The largest absolute Gasteiger partial charge is 0.373 e. The number of hydrogen-bond donors (Lipinski definition) is 2. The molecule has 0 aliphatic carbocycles. The average molecular weight is 199 g/mol. The van der Waals surface area contributed by atoms with Crippen LogP contribution in [0.25, 0.3) is 0 Å². The molecule has 14 heavy (non-hydrogen) atoms. The lowest BCUT2D eigenvalue weighted by atomic mass is 10.0. The van der Waals surface area contributed by atoms with Gasteiger partial charge in [-0.2, -0.15) is 0 Å². The molecule has 0 aromatic carbocycles. The highest BCUT2D eigenvalue weighted by Crippen LogP contribution is 2.24. The van der Waals surface area contributed by atoms with Crippen LogP contribution in [0, 0.1) is 0 Å². The molecule has 1 aliphatic heterocycles. The van der Waals surface area contributed by atoms with Crippen LogP contribution in [0.2, 0.25) is 0 Å². The van der Waals surface area contributed by atoms with Crippen LogP contribution in [0.4, 0.5) is 0 Å². The first-order valence-corrected chi connectivity index (χ1v) is 5.22. The molecule has 0 radical (unpaired) electrons. The van der Waals surface area contributed by atoms with E-state index in [1.807, 2.05) is 13.8 Å². The molecule has 0 amide bonds. The zero-order valence-electron chi connectivity index (χ0n) is 9.34. The van der Waals surface area contributed by atoms with Crippen molar-refractivity contribution in [2.45, 2.75) is 45.3 Å². The zero-order chi connectivity index (χ0) is 10.6. The molecule has 0 saturated carbocycles. The topological polar surface area (TPSA) is 59.6 Å². The van der Waals surface area contributed by atoms with Gasteiger partial charge in [0, 0.05) is 12.6 Å². The molecule has 0 spiro atoms. The molecule has 82 valence electrons. The fourth-order valence-corrected chi connectivity index (χ4v) is 1.56. The molecule has 1 fully saturated rings. The number of guanidine groups is 1. The van der Waals surface area contributed by atoms with Crippen molar-refractivity contribution < 1.29 is 4.74 Å². The summed E-state index contributed by atoms with van der Waals surface area (Å²) in [5.74, 6) is 0.511. The second kappa shape index (κ2) is 4.64. The lowest BCUT2D eigenvalue weighted by Gasteiger charge is -2.20. The first kappa shape index (κ1) is 11.3. The van der Waals surface area contributed by atoms with Gasteiger partial charge in [-0.3, -0.25) is 4.99 Å². The van der Waals surface area contributed by atoms with Crippen LogP contribution in [-0.4, -0.2) is 30.8 Å². The van der Waals surface area contributed by atoms with Crippen molar-refractivity contribution in [1.82, 2.24) is 5.32 Å². The summed E-state index contributed by atoms with van der Waals surface area (Å²) in [6, 6.07) is 0.330. The van der Waals surface area contributed by atoms with Gasteiger partial charge in [0.25, 0.3) is 0 Å². The third kappa shape index (κ3) is 3.54.